The smallest absolute Gasteiger partial charge is 0.410 e. The lowest BCUT2D eigenvalue weighted by Gasteiger charge is -2.60. The van der Waals surface area contributed by atoms with Gasteiger partial charge in [0.1, 0.15) is 24.4 Å². The largest absolute Gasteiger partial charge is 0.445 e. The fourth-order valence-electron chi connectivity index (χ4n) is 4.81. The second-order valence-corrected chi connectivity index (χ2v) is 8.12. The molecule has 1 aromatic carbocycles. The molecular formula is C22H25N5O2. The van der Waals surface area contributed by atoms with Gasteiger partial charge in [0.15, 0.2) is 0 Å². The Labute approximate surface area is 169 Å². The van der Waals surface area contributed by atoms with Crippen molar-refractivity contribution in [3.8, 4) is 0 Å². The highest BCUT2D eigenvalue weighted by molar-refractivity contribution is 5.87. The number of nitrogens with one attached hydrogen (secondary N) is 1. The zero-order valence-corrected chi connectivity index (χ0v) is 16.5. The molecule has 0 unspecified atom stereocenters. The molecule has 1 N–H and O–H groups in total. The standard InChI is InChI=1S/C22H25N5O2/c1-16-12-27(21(28)29-13-17-6-3-2-4-7-17)22(16)9-5-11-26(14-22)20-18-8-10-23-19(18)24-15-25-20/h2-4,6-8,10,15-16H,5,9,11-14H2,1H3,(H,23,24,25)/t16-,22-/m0/s1. The van der Waals surface area contributed by atoms with E-state index in [1.165, 1.54) is 0 Å². The van der Waals surface area contributed by atoms with E-state index < -0.39 is 0 Å². The molecule has 2 fully saturated rings. The van der Waals surface area contributed by atoms with E-state index in [0.29, 0.717) is 12.5 Å². The van der Waals surface area contributed by atoms with Gasteiger partial charge in [-0.25, -0.2) is 14.8 Å². The molecule has 7 nitrogen and oxygen atoms in total. The topological polar surface area (TPSA) is 74.3 Å². The van der Waals surface area contributed by atoms with Gasteiger partial charge in [-0.15, -0.1) is 0 Å². The van der Waals surface area contributed by atoms with Crippen molar-refractivity contribution in [2.24, 2.45) is 5.92 Å². The van der Waals surface area contributed by atoms with Gasteiger partial charge in [0.05, 0.1) is 10.9 Å². The third kappa shape index (κ3) is 3.01. The summed E-state index contributed by atoms with van der Waals surface area (Å²) in [5.74, 6) is 1.37. The van der Waals surface area contributed by atoms with Crippen LogP contribution < -0.4 is 4.90 Å². The average Bonchev–Trinajstić information content (AvgIpc) is 3.25. The van der Waals surface area contributed by atoms with Crippen molar-refractivity contribution < 1.29 is 9.53 Å². The zero-order chi connectivity index (χ0) is 19.8. The molecule has 7 heteroatoms. The van der Waals surface area contributed by atoms with Crippen molar-refractivity contribution in [2.75, 3.05) is 24.5 Å². The number of anilines is 1. The summed E-state index contributed by atoms with van der Waals surface area (Å²) in [5.41, 5.74) is 1.65. The molecule has 0 saturated carbocycles. The first-order chi connectivity index (χ1) is 14.2. The van der Waals surface area contributed by atoms with Crippen LogP contribution in [0.1, 0.15) is 25.3 Å². The SMILES string of the molecule is C[C@H]1CN(C(=O)OCc2ccccc2)[C@]12CCCN(c1ncnc3[nH]ccc13)C2. The summed E-state index contributed by atoms with van der Waals surface area (Å²) >= 11 is 0. The summed E-state index contributed by atoms with van der Waals surface area (Å²) in [4.78, 5) is 29.1. The van der Waals surface area contributed by atoms with Crippen LogP contribution in [0.25, 0.3) is 11.0 Å². The van der Waals surface area contributed by atoms with Crippen LogP contribution in [0.2, 0.25) is 0 Å². The van der Waals surface area contributed by atoms with Crippen LogP contribution in [-0.2, 0) is 11.3 Å². The minimum atomic E-state index is -0.219. The maximum Gasteiger partial charge on any atom is 0.410 e. The van der Waals surface area contributed by atoms with Crippen molar-refractivity contribution in [1.29, 1.82) is 0 Å². The van der Waals surface area contributed by atoms with Crippen LogP contribution in [0.4, 0.5) is 10.6 Å². The molecule has 1 spiro atoms. The number of aromatic nitrogens is 3. The summed E-state index contributed by atoms with van der Waals surface area (Å²) in [7, 11) is 0. The molecule has 5 rings (SSSR count). The molecule has 2 aliphatic rings. The van der Waals surface area contributed by atoms with Crippen LogP contribution in [0.3, 0.4) is 0 Å². The maximum atomic E-state index is 12.9. The molecule has 4 heterocycles. The molecule has 0 bridgehead atoms. The number of aromatic amines is 1. The summed E-state index contributed by atoms with van der Waals surface area (Å²) in [5, 5.41) is 1.02. The van der Waals surface area contributed by atoms with Gasteiger partial charge in [0.2, 0.25) is 0 Å². The fraction of sp³-hybridized carbons (Fsp3) is 0.409. The van der Waals surface area contributed by atoms with Crippen LogP contribution in [0, 0.1) is 5.92 Å². The molecule has 29 heavy (non-hydrogen) atoms. The Bertz CT molecular complexity index is 1020. The predicted octanol–water partition coefficient (Wildman–Crippen LogP) is 3.59. The van der Waals surface area contributed by atoms with E-state index in [9.17, 15) is 4.79 Å². The lowest BCUT2D eigenvalue weighted by Crippen LogP contribution is -2.73. The van der Waals surface area contributed by atoms with Gasteiger partial charge in [-0.1, -0.05) is 37.3 Å². The highest BCUT2D eigenvalue weighted by Crippen LogP contribution is 2.44. The first kappa shape index (κ1) is 18.0. The van der Waals surface area contributed by atoms with E-state index in [1.807, 2.05) is 47.5 Å². The molecule has 0 aliphatic carbocycles. The average molecular weight is 391 g/mol. The molecule has 2 saturated heterocycles. The number of H-pyrrole nitrogens is 1. The maximum absolute atomic E-state index is 12.9. The second kappa shape index (κ2) is 7.06. The Balaban J connectivity index is 1.34. The Hall–Kier alpha value is -3.09. The summed E-state index contributed by atoms with van der Waals surface area (Å²) < 4.78 is 5.64. The fourth-order valence-corrected chi connectivity index (χ4v) is 4.81. The number of amides is 1. The monoisotopic (exact) mass is 391 g/mol. The highest BCUT2D eigenvalue weighted by atomic mass is 16.6. The van der Waals surface area contributed by atoms with Crippen molar-refractivity contribution in [1.82, 2.24) is 19.9 Å². The van der Waals surface area contributed by atoms with E-state index in [0.717, 1.165) is 54.9 Å². The van der Waals surface area contributed by atoms with Crippen molar-refractivity contribution in [3.05, 3.63) is 54.5 Å². The third-order valence-electron chi connectivity index (χ3n) is 6.47. The number of fused-ring (bicyclic) bond motifs is 1. The number of carbonyl (C=O) groups is 1. The quantitative estimate of drug-likeness (QED) is 0.739. The van der Waals surface area contributed by atoms with Crippen LogP contribution in [0.15, 0.2) is 48.9 Å². The van der Waals surface area contributed by atoms with Gasteiger partial charge in [-0.3, -0.25) is 0 Å². The number of ether oxygens (including phenoxy) is 1. The highest BCUT2D eigenvalue weighted by Gasteiger charge is 2.55. The zero-order valence-electron chi connectivity index (χ0n) is 16.5. The summed E-state index contributed by atoms with van der Waals surface area (Å²) in [6, 6.07) is 11.8. The van der Waals surface area contributed by atoms with Gasteiger partial charge in [-0.05, 0) is 30.4 Å². The van der Waals surface area contributed by atoms with Crippen LogP contribution in [0.5, 0.6) is 0 Å². The number of benzene rings is 1. The lowest BCUT2D eigenvalue weighted by atomic mass is 9.70. The predicted molar refractivity (Wildman–Crippen MR) is 111 cm³/mol. The number of nitrogens with zero attached hydrogens (tertiary/aromatic N) is 4. The second-order valence-electron chi connectivity index (χ2n) is 8.12. The van der Waals surface area contributed by atoms with E-state index >= 15 is 0 Å². The van der Waals surface area contributed by atoms with Crippen molar-refractivity contribution in [2.45, 2.75) is 31.9 Å². The van der Waals surface area contributed by atoms with Crippen molar-refractivity contribution >= 4 is 22.9 Å². The summed E-state index contributed by atoms with van der Waals surface area (Å²) in [6.07, 6.45) is 5.28. The Kier molecular flexibility index (Phi) is 4.38. The molecule has 1 amide bonds. The van der Waals surface area contributed by atoms with Gasteiger partial charge in [0, 0.05) is 25.8 Å². The van der Waals surface area contributed by atoms with Gasteiger partial charge in [-0.2, -0.15) is 0 Å². The molecule has 2 atom stereocenters. The molecule has 2 aromatic heterocycles. The van der Waals surface area contributed by atoms with Gasteiger partial charge < -0.3 is 19.5 Å². The normalized spacial score (nSPS) is 24.0. The van der Waals surface area contributed by atoms with Crippen LogP contribution >= 0.6 is 0 Å². The Morgan fingerprint density at radius 3 is 2.97 bits per heavy atom. The first-order valence-corrected chi connectivity index (χ1v) is 10.2. The molecule has 3 aromatic rings. The summed E-state index contributed by atoms with van der Waals surface area (Å²) in [6.45, 7) is 4.98. The first-order valence-electron chi connectivity index (χ1n) is 10.2. The number of piperidine rings is 1. The van der Waals surface area contributed by atoms with Crippen LogP contribution in [-0.4, -0.2) is 51.1 Å². The minimum Gasteiger partial charge on any atom is -0.445 e. The molecule has 2 aliphatic heterocycles. The van der Waals surface area contributed by atoms with E-state index in [2.05, 4.69) is 26.8 Å². The number of carbonyl (C=O) groups excluding carboxylic acids is 1. The van der Waals surface area contributed by atoms with E-state index in [1.54, 1.807) is 6.33 Å². The number of rotatable bonds is 3. The van der Waals surface area contributed by atoms with E-state index in [-0.39, 0.29) is 11.6 Å². The number of likely N-dealkylation sites (tertiary alicyclic amines) is 1. The Morgan fingerprint density at radius 1 is 1.28 bits per heavy atom. The van der Waals surface area contributed by atoms with Gasteiger partial charge in [0.25, 0.3) is 0 Å². The lowest BCUT2D eigenvalue weighted by molar-refractivity contribution is -0.0705. The van der Waals surface area contributed by atoms with E-state index in [4.69, 9.17) is 4.74 Å². The minimum absolute atomic E-state index is 0.195. The molecular weight excluding hydrogens is 366 g/mol. The molecule has 0 radical (unpaired) electrons. The molecule has 150 valence electrons. The third-order valence-corrected chi connectivity index (χ3v) is 6.47. The Morgan fingerprint density at radius 2 is 2.14 bits per heavy atom. The van der Waals surface area contributed by atoms with Crippen molar-refractivity contribution in [3.63, 3.8) is 0 Å². The number of hydrogen-bond acceptors (Lipinski definition) is 5. The van der Waals surface area contributed by atoms with Gasteiger partial charge >= 0.3 is 6.09 Å². The number of hydrogen-bond donors (Lipinski definition) is 1.